The summed E-state index contributed by atoms with van der Waals surface area (Å²) in [5.41, 5.74) is 2.27. The third-order valence-corrected chi connectivity index (χ3v) is 7.73. The van der Waals surface area contributed by atoms with Crippen LogP contribution in [0.15, 0.2) is 76.0 Å². The van der Waals surface area contributed by atoms with E-state index in [1.54, 1.807) is 30.3 Å². The Morgan fingerprint density at radius 3 is 2.33 bits per heavy atom. The molecule has 174 valence electrons. The highest BCUT2D eigenvalue weighted by atomic mass is 32.2. The van der Waals surface area contributed by atoms with Crippen LogP contribution in [-0.4, -0.2) is 32.3 Å². The molecule has 0 aliphatic carbocycles. The van der Waals surface area contributed by atoms with Crippen molar-refractivity contribution in [3.05, 3.63) is 89.4 Å². The summed E-state index contributed by atoms with van der Waals surface area (Å²) in [6.07, 6.45) is 2.52. The molecule has 2 aromatic carbocycles. The number of rotatable bonds is 8. The topological polar surface area (TPSA) is 79.6 Å². The number of nitrogens with zero attached hydrogens (tertiary/aromatic N) is 1. The lowest BCUT2D eigenvalue weighted by molar-refractivity contribution is 0.0921. The summed E-state index contributed by atoms with van der Waals surface area (Å²) in [5.74, 6) is 0.502. The maximum Gasteiger partial charge on any atom is 0.287 e. The number of furan rings is 1. The summed E-state index contributed by atoms with van der Waals surface area (Å²) >= 11 is 0. The average molecular weight is 467 g/mol. The van der Waals surface area contributed by atoms with E-state index in [9.17, 15) is 13.2 Å². The molecule has 1 amide bonds. The van der Waals surface area contributed by atoms with Crippen LogP contribution in [0.4, 0.5) is 0 Å². The molecule has 1 N–H and O–H groups in total. The molecular formula is C26H30N2O4S. The number of hydrogen-bond acceptors (Lipinski definition) is 5. The second-order valence-corrected chi connectivity index (χ2v) is 10.8. The molecule has 3 aromatic rings. The van der Waals surface area contributed by atoms with E-state index in [2.05, 4.69) is 29.3 Å². The number of sulfone groups is 1. The zero-order valence-corrected chi connectivity index (χ0v) is 19.7. The lowest BCUT2D eigenvalue weighted by Crippen LogP contribution is -2.32. The lowest BCUT2D eigenvalue weighted by atomic mass is 9.99. The van der Waals surface area contributed by atoms with E-state index in [0.29, 0.717) is 6.54 Å². The number of carbonyl (C=O) groups is 1. The van der Waals surface area contributed by atoms with Gasteiger partial charge in [-0.25, -0.2) is 8.42 Å². The second-order valence-electron chi connectivity index (χ2n) is 8.80. The predicted molar refractivity (Wildman–Crippen MR) is 127 cm³/mol. The van der Waals surface area contributed by atoms with Gasteiger partial charge in [0.15, 0.2) is 15.6 Å². The van der Waals surface area contributed by atoms with Gasteiger partial charge in [-0.3, -0.25) is 9.69 Å². The Morgan fingerprint density at radius 2 is 1.64 bits per heavy atom. The molecule has 1 fully saturated rings. The third-order valence-electron chi connectivity index (χ3n) is 6.08. The van der Waals surface area contributed by atoms with Gasteiger partial charge in [-0.15, -0.1) is 0 Å². The van der Waals surface area contributed by atoms with Gasteiger partial charge in [0.2, 0.25) is 0 Å². The quantitative estimate of drug-likeness (QED) is 0.532. The summed E-state index contributed by atoms with van der Waals surface area (Å²) < 4.78 is 30.5. The molecule has 6 nitrogen and oxygen atoms in total. The minimum Gasteiger partial charge on any atom is -0.455 e. The Morgan fingerprint density at radius 1 is 0.970 bits per heavy atom. The third kappa shape index (κ3) is 6.33. The first-order valence-electron chi connectivity index (χ1n) is 11.3. The van der Waals surface area contributed by atoms with Crippen LogP contribution in [0.5, 0.6) is 0 Å². The molecule has 0 atom stereocenters. The lowest BCUT2D eigenvalue weighted by Gasteiger charge is -2.30. The van der Waals surface area contributed by atoms with E-state index >= 15 is 0 Å². The monoisotopic (exact) mass is 466 g/mol. The van der Waals surface area contributed by atoms with Crippen molar-refractivity contribution in [2.75, 3.05) is 13.1 Å². The SMILES string of the molecule is CC1CCN(Cc2ccc(CNC(=O)c3ccc(CS(=O)(=O)c4ccccc4)o3)cc2)CC1. The number of benzene rings is 2. The van der Waals surface area contributed by atoms with E-state index in [4.69, 9.17) is 4.42 Å². The van der Waals surface area contributed by atoms with Gasteiger partial charge < -0.3 is 9.73 Å². The van der Waals surface area contributed by atoms with E-state index in [-0.39, 0.29) is 28.1 Å². The van der Waals surface area contributed by atoms with Crippen molar-refractivity contribution in [3.63, 3.8) is 0 Å². The molecule has 0 radical (unpaired) electrons. The van der Waals surface area contributed by atoms with Crippen LogP contribution in [0.2, 0.25) is 0 Å². The smallest absolute Gasteiger partial charge is 0.287 e. The minimum absolute atomic E-state index is 0.101. The number of nitrogens with one attached hydrogen (secondary N) is 1. The molecule has 33 heavy (non-hydrogen) atoms. The zero-order valence-electron chi connectivity index (χ0n) is 18.9. The van der Waals surface area contributed by atoms with Gasteiger partial charge in [0.25, 0.3) is 5.91 Å². The van der Waals surface area contributed by atoms with E-state index in [1.165, 1.54) is 30.5 Å². The van der Waals surface area contributed by atoms with Crippen LogP contribution in [0.1, 0.15) is 47.2 Å². The Kier molecular flexibility index (Phi) is 7.30. The number of carbonyl (C=O) groups excluding carboxylic acids is 1. The van der Waals surface area contributed by atoms with Crippen LogP contribution < -0.4 is 5.32 Å². The fourth-order valence-corrected chi connectivity index (χ4v) is 5.25. The van der Waals surface area contributed by atoms with Crippen LogP contribution in [-0.2, 0) is 28.7 Å². The van der Waals surface area contributed by atoms with Crippen LogP contribution in [0, 0.1) is 5.92 Å². The normalized spacial score (nSPS) is 15.4. The number of hydrogen-bond donors (Lipinski definition) is 1. The summed E-state index contributed by atoms with van der Waals surface area (Å²) in [6.45, 7) is 5.95. The van der Waals surface area contributed by atoms with Gasteiger partial charge >= 0.3 is 0 Å². The Hall–Kier alpha value is -2.90. The first-order chi connectivity index (χ1) is 15.9. The summed E-state index contributed by atoms with van der Waals surface area (Å²) in [6, 6.07) is 19.5. The molecule has 7 heteroatoms. The van der Waals surface area contributed by atoms with E-state index < -0.39 is 9.84 Å². The molecule has 0 spiro atoms. The molecule has 1 saturated heterocycles. The molecule has 1 aromatic heterocycles. The molecule has 1 aliphatic heterocycles. The number of piperidine rings is 1. The molecule has 2 heterocycles. The van der Waals surface area contributed by atoms with Crippen LogP contribution in [0.25, 0.3) is 0 Å². The largest absolute Gasteiger partial charge is 0.455 e. The predicted octanol–water partition coefficient (Wildman–Crippen LogP) is 4.42. The van der Waals surface area contributed by atoms with E-state index in [1.807, 2.05) is 12.1 Å². The Labute approximate surface area is 195 Å². The second kappa shape index (κ2) is 10.4. The molecule has 0 bridgehead atoms. The van der Waals surface area contributed by atoms with Crippen molar-refractivity contribution in [3.8, 4) is 0 Å². The van der Waals surface area contributed by atoms with Crippen LogP contribution >= 0.6 is 0 Å². The highest BCUT2D eigenvalue weighted by Gasteiger charge is 2.19. The van der Waals surface area contributed by atoms with Gasteiger partial charge in [0, 0.05) is 13.1 Å². The minimum atomic E-state index is -3.53. The summed E-state index contributed by atoms with van der Waals surface area (Å²) in [4.78, 5) is 15.2. The highest BCUT2D eigenvalue weighted by Crippen LogP contribution is 2.19. The van der Waals surface area contributed by atoms with Gasteiger partial charge in [-0.1, -0.05) is 49.4 Å². The molecule has 4 rings (SSSR count). The standard InChI is InChI=1S/C26H30N2O4S/c1-20-13-15-28(16-14-20)18-22-9-7-21(8-10-22)17-27-26(29)25-12-11-23(32-25)19-33(30,31)24-5-3-2-4-6-24/h2-12,20H,13-19H2,1H3,(H,27,29). The molecular weight excluding hydrogens is 436 g/mol. The van der Waals surface area contributed by atoms with Crippen molar-refractivity contribution in [1.29, 1.82) is 0 Å². The van der Waals surface area contributed by atoms with Crippen molar-refractivity contribution >= 4 is 15.7 Å². The Balaban J connectivity index is 1.28. The van der Waals surface area contributed by atoms with E-state index in [0.717, 1.165) is 31.1 Å². The number of amides is 1. The van der Waals surface area contributed by atoms with Gasteiger partial charge in [-0.05, 0) is 67.2 Å². The first-order valence-corrected chi connectivity index (χ1v) is 13.0. The van der Waals surface area contributed by atoms with Crippen molar-refractivity contribution in [2.45, 2.75) is 43.5 Å². The summed E-state index contributed by atoms with van der Waals surface area (Å²) in [5, 5.41) is 2.84. The molecule has 1 aliphatic rings. The van der Waals surface area contributed by atoms with Gasteiger partial charge in [0.05, 0.1) is 4.90 Å². The van der Waals surface area contributed by atoms with Gasteiger partial charge in [0.1, 0.15) is 11.5 Å². The highest BCUT2D eigenvalue weighted by molar-refractivity contribution is 7.90. The Bertz CT molecular complexity index is 1160. The number of likely N-dealkylation sites (tertiary alicyclic amines) is 1. The molecule has 0 saturated carbocycles. The van der Waals surface area contributed by atoms with Gasteiger partial charge in [-0.2, -0.15) is 0 Å². The first kappa shape index (κ1) is 23.3. The fraction of sp³-hybridized carbons (Fsp3) is 0.346. The van der Waals surface area contributed by atoms with Crippen LogP contribution in [0.3, 0.4) is 0 Å². The average Bonchev–Trinajstić information content (AvgIpc) is 3.28. The van der Waals surface area contributed by atoms with Crippen molar-refractivity contribution in [2.24, 2.45) is 5.92 Å². The zero-order chi connectivity index (χ0) is 23.3. The maximum absolute atomic E-state index is 12.5. The fourth-order valence-electron chi connectivity index (χ4n) is 3.99. The summed E-state index contributed by atoms with van der Waals surface area (Å²) in [7, 11) is -3.53. The van der Waals surface area contributed by atoms with Crippen molar-refractivity contribution in [1.82, 2.24) is 10.2 Å². The van der Waals surface area contributed by atoms with Crippen molar-refractivity contribution < 1.29 is 17.6 Å². The molecule has 0 unspecified atom stereocenters. The maximum atomic E-state index is 12.5.